The van der Waals surface area contributed by atoms with Crippen LogP contribution in [0, 0.1) is 0 Å². The van der Waals surface area contributed by atoms with Crippen molar-refractivity contribution in [2.75, 3.05) is 65.4 Å². The highest BCUT2D eigenvalue weighted by molar-refractivity contribution is 5.81. The standard InChI is InChI=1S/C22H48N12O2.C2HF3O2/c23-17(5-1-7-31-21(25)26)19(35)29-9-3-11-33-13-15-34(16-14-33)12-4-10-30-20(36)18(24)6-2-8-32-22(27)28;3-2(4,5)1(6)7/h17-18H,1-16,23-24H2,(H,29,35)(H,30,36)(H4,25,26,31)(H4,27,28,32);(H,6,7)/t17-,18-;/m0./s1. The van der Waals surface area contributed by atoms with Gasteiger partial charge in [0.05, 0.1) is 12.1 Å². The summed E-state index contributed by atoms with van der Waals surface area (Å²) in [6.07, 6.45) is -0.907. The Hall–Kier alpha value is -3.42. The molecule has 0 aromatic carbocycles. The van der Waals surface area contributed by atoms with E-state index in [1.165, 1.54) is 0 Å². The van der Waals surface area contributed by atoms with Gasteiger partial charge in [0, 0.05) is 52.4 Å². The number of piperazine rings is 1. The van der Waals surface area contributed by atoms with Gasteiger partial charge in [-0.1, -0.05) is 0 Å². The second kappa shape index (κ2) is 22.2. The van der Waals surface area contributed by atoms with E-state index in [-0.39, 0.29) is 23.7 Å². The van der Waals surface area contributed by atoms with E-state index < -0.39 is 24.2 Å². The summed E-state index contributed by atoms with van der Waals surface area (Å²) in [6.45, 7) is 8.00. The average molecular weight is 627 g/mol. The van der Waals surface area contributed by atoms with E-state index >= 15 is 0 Å². The third-order valence-electron chi connectivity index (χ3n) is 6.22. The van der Waals surface area contributed by atoms with Gasteiger partial charge in [0.15, 0.2) is 11.9 Å². The van der Waals surface area contributed by atoms with Crippen LogP contribution >= 0.6 is 0 Å². The molecule has 2 atom stereocenters. The van der Waals surface area contributed by atoms with Crippen molar-refractivity contribution < 1.29 is 32.7 Å². The molecule has 2 amide bonds. The average Bonchev–Trinajstić information content (AvgIpc) is 2.93. The molecular weight excluding hydrogens is 577 g/mol. The molecule has 1 rings (SSSR count). The first-order valence-electron chi connectivity index (χ1n) is 14.1. The Morgan fingerprint density at radius 1 is 0.721 bits per heavy atom. The molecule has 0 aliphatic carbocycles. The maximum Gasteiger partial charge on any atom is 0.490 e. The minimum Gasteiger partial charge on any atom is -0.475 e. The molecule has 1 heterocycles. The van der Waals surface area contributed by atoms with Gasteiger partial charge < -0.3 is 59.9 Å². The molecule has 19 heteroatoms. The molecule has 0 aromatic heterocycles. The molecule has 0 spiro atoms. The third kappa shape index (κ3) is 21.9. The summed E-state index contributed by atoms with van der Waals surface area (Å²) in [7, 11) is 0. The molecule has 1 aliphatic heterocycles. The smallest absolute Gasteiger partial charge is 0.475 e. The normalized spacial score (nSPS) is 15.3. The van der Waals surface area contributed by atoms with Crippen LogP contribution in [-0.2, 0) is 14.4 Å². The number of carbonyl (C=O) groups excluding carboxylic acids is 2. The topological polar surface area (TPSA) is 283 Å². The molecule has 1 fully saturated rings. The van der Waals surface area contributed by atoms with Crippen molar-refractivity contribution in [3.8, 4) is 0 Å². The number of aliphatic carboxylic acids is 1. The van der Waals surface area contributed by atoms with Crippen LogP contribution in [0.5, 0.6) is 0 Å². The van der Waals surface area contributed by atoms with E-state index in [0.717, 1.165) is 52.1 Å². The van der Waals surface area contributed by atoms with Crippen LogP contribution in [0.3, 0.4) is 0 Å². The lowest BCUT2D eigenvalue weighted by Crippen LogP contribution is -2.48. The van der Waals surface area contributed by atoms with Crippen LogP contribution in [0.1, 0.15) is 38.5 Å². The Bertz CT molecular complexity index is 818. The summed E-state index contributed by atoms with van der Waals surface area (Å²) >= 11 is 0. The molecule has 0 bridgehead atoms. The number of carboxylic acids is 1. The Balaban J connectivity index is 0.00000223. The molecule has 15 N–H and O–H groups in total. The highest BCUT2D eigenvalue weighted by Crippen LogP contribution is 2.13. The highest BCUT2D eigenvalue weighted by atomic mass is 19.4. The number of hydrogen-bond donors (Lipinski definition) is 9. The minimum absolute atomic E-state index is 0.0482. The van der Waals surface area contributed by atoms with E-state index in [4.69, 9.17) is 44.3 Å². The van der Waals surface area contributed by atoms with E-state index in [0.29, 0.717) is 51.9 Å². The third-order valence-corrected chi connectivity index (χ3v) is 6.22. The molecular formula is C24H49F3N12O4. The van der Waals surface area contributed by atoms with Crippen molar-refractivity contribution in [1.29, 1.82) is 0 Å². The number of alkyl halides is 3. The first-order chi connectivity index (χ1) is 20.1. The molecule has 43 heavy (non-hydrogen) atoms. The van der Waals surface area contributed by atoms with Crippen LogP contribution in [0.25, 0.3) is 0 Å². The summed E-state index contributed by atoms with van der Waals surface area (Å²) < 4.78 is 31.7. The lowest BCUT2D eigenvalue weighted by molar-refractivity contribution is -0.192. The molecule has 0 saturated carbocycles. The van der Waals surface area contributed by atoms with Crippen molar-refractivity contribution in [3.63, 3.8) is 0 Å². The molecule has 1 saturated heterocycles. The number of hydrogen-bond acceptors (Lipinski definition) is 9. The Kier molecular flexibility index (Phi) is 20.4. The second-order valence-corrected chi connectivity index (χ2v) is 9.89. The Labute approximate surface area is 249 Å². The van der Waals surface area contributed by atoms with Gasteiger partial charge in [0.25, 0.3) is 0 Å². The number of rotatable bonds is 18. The highest BCUT2D eigenvalue weighted by Gasteiger charge is 2.38. The SMILES string of the molecule is NC(N)=NCCC[C@H](N)C(=O)NCCCN1CCN(CCCNC(=O)[C@@H](N)CCCN=C(N)N)CC1.O=C(O)C(F)(F)F. The summed E-state index contributed by atoms with van der Waals surface area (Å²) in [5, 5.41) is 12.9. The lowest BCUT2D eigenvalue weighted by Gasteiger charge is -2.34. The number of amides is 2. The summed E-state index contributed by atoms with van der Waals surface area (Å²) in [6, 6.07) is -1.08. The number of carboxylic acid groups (broad SMARTS) is 1. The van der Waals surface area contributed by atoms with Crippen molar-refractivity contribution in [3.05, 3.63) is 0 Å². The zero-order valence-corrected chi connectivity index (χ0v) is 24.5. The summed E-state index contributed by atoms with van der Waals surface area (Å²) in [4.78, 5) is 45.6. The number of aliphatic imine (C=N–C) groups is 2. The van der Waals surface area contributed by atoms with E-state index in [1.54, 1.807) is 0 Å². The molecule has 0 aromatic rings. The Morgan fingerprint density at radius 3 is 1.33 bits per heavy atom. The van der Waals surface area contributed by atoms with Crippen molar-refractivity contribution in [2.45, 2.75) is 56.8 Å². The maximum absolute atomic E-state index is 12.1. The first-order valence-corrected chi connectivity index (χ1v) is 14.1. The minimum atomic E-state index is -5.08. The van der Waals surface area contributed by atoms with E-state index in [2.05, 4.69) is 30.4 Å². The predicted molar refractivity (Wildman–Crippen MR) is 158 cm³/mol. The van der Waals surface area contributed by atoms with Crippen molar-refractivity contribution >= 4 is 29.7 Å². The van der Waals surface area contributed by atoms with Crippen molar-refractivity contribution in [2.24, 2.45) is 44.4 Å². The quantitative estimate of drug-likeness (QED) is 0.0418. The molecule has 0 radical (unpaired) electrons. The monoisotopic (exact) mass is 626 g/mol. The van der Waals surface area contributed by atoms with Crippen LogP contribution in [0.2, 0.25) is 0 Å². The summed E-state index contributed by atoms with van der Waals surface area (Å²) in [5.41, 5.74) is 32.9. The number of guanidine groups is 2. The van der Waals surface area contributed by atoms with Gasteiger partial charge in [0.1, 0.15) is 0 Å². The van der Waals surface area contributed by atoms with E-state index in [9.17, 15) is 22.8 Å². The second-order valence-electron chi connectivity index (χ2n) is 9.89. The largest absolute Gasteiger partial charge is 0.490 e. The zero-order valence-electron chi connectivity index (χ0n) is 24.5. The fourth-order valence-corrected chi connectivity index (χ4v) is 3.83. The van der Waals surface area contributed by atoms with Gasteiger partial charge in [-0.05, 0) is 51.6 Å². The van der Waals surface area contributed by atoms with Crippen LogP contribution < -0.4 is 45.0 Å². The lowest BCUT2D eigenvalue weighted by atomic mass is 10.1. The van der Waals surface area contributed by atoms with E-state index in [1.807, 2.05) is 0 Å². The predicted octanol–water partition coefficient (Wildman–Crippen LogP) is -2.99. The van der Waals surface area contributed by atoms with Crippen LogP contribution in [-0.4, -0.2) is 128 Å². The Morgan fingerprint density at radius 2 is 1.05 bits per heavy atom. The number of carbonyl (C=O) groups is 3. The van der Waals surface area contributed by atoms with Gasteiger partial charge in [0.2, 0.25) is 11.8 Å². The molecule has 16 nitrogen and oxygen atoms in total. The van der Waals surface area contributed by atoms with Crippen LogP contribution in [0.15, 0.2) is 9.98 Å². The fraction of sp³-hybridized carbons (Fsp3) is 0.792. The number of nitrogens with zero attached hydrogens (tertiary/aromatic N) is 4. The van der Waals surface area contributed by atoms with Gasteiger partial charge in [-0.2, -0.15) is 13.2 Å². The summed E-state index contributed by atoms with van der Waals surface area (Å²) in [5.74, 6) is -2.93. The molecule has 0 unspecified atom stereocenters. The van der Waals surface area contributed by atoms with Crippen LogP contribution in [0.4, 0.5) is 13.2 Å². The van der Waals surface area contributed by atoms with Crippen molar-refractivity contribution in [1.82, 2.24) is 20.4 Å². The van der Waals surface area contributed by atoms with Gasteiger partial charge in [-0.3, -0.25) is 19.6 Å². The number of halogens is 3. The van der Waals surface area contributed by atoms with Gasteiger partial charge in [-0.15, -0.1) is 0 Å². The maximum atomic E-state index is 12.1. The van der Waals surface area contributed by atoms with Gasteiger partial charge in [-0.25, -0.2) is 4.79 Å². The number of nitrogens with one attached hydrogen (secondary N) is 2. The molecule has 250 valence electrons. The number of nitrogens with two attached hydrogens (primary N) is 6. The van der Waals surface area contributed by atoms with Gasteiger partial charge >= 0.3 is 12.1 Å². The zero-order chi connectivity index (χ0) is 32.8. The fourth-order valence-electron chi connectivity index (χ4n) is 3.83. The molecule has 1 aliphatic rings. The first kappa shape index (κ1) is 39.6.